The molecule has 16 heavy (non-hydrogen) atoms. The van der Waals surface area contributed by atoms with Gasteiger partial charge in [0.1, 0.15) is 0 Å². The molecule has 1 nitrogen and oxygen atoms in total. The maximum absolute atomic E-state index is 13.6. The lowest BCUT2D eigenvalue weighted by Crippen LogP contribution is -2.41. The fourth-order valence-corrected chi connectivity index (χ4v) is 2.50. The number of hydrogen-bond donors (Lipinski definition) is 1. The molecule has 1 saturated heterocycles. The van der Waals surface area contributed by atoms with Gasteiger partial charge in [-0.15, -0.1) is 0 Å². The zero-order valence-electron chi connectivity index (χ0n) is 9.52. The molecule has 1 atom stereocenters. The summed E-state index contributed by atoms with van der Waals surface area (Å²) >= 11 is 0. The van der Waals surface area contributed by atoms with E-state index in [9.17, 15) is 8.78 Å². The average Bonchev–Trinajstić information content (AvgIpc) is 2.74. The van der Waals surface area contributed by atoms with Crippen molar-refractivity contribution in [1.82, 2.24) is 5.32 Å². The van der Waals surface area contributed by atoms with Gasteiger partial charge in [0.2, 0.25) is 0 Å². The van der Waals surface area contributed by atoms with E-state index in [-0.39, 0.29) is 5.54 Å². The van der Waals surface area contributed by atoms with Crippen LogP contribution in [0.3, 0.4) is 0 Å². The molecule has 1 N–H and O–H groups in total. The molecule has 0 spiro atoms. The van der Waals surface area contributed by atoms with E-state index < -0.39 is 11.6 Å². The van der Waals surface area contributed by atoms with Crippen molar-refractivity contribution in [3.63, 3.8) is 0 Å². The summed E-state index contributed by atoms with van der Waals surface area (Å²) in [7, 11) is 0. The van der Waals surface area contributed by atoms with Crippen molar-refractivity contribution in [2.24, 2.45) is 0 Å². The molecule has 1 unspecified atom stereocenters. The van der Waals surface area contributed by atoms with Crippen molar-refractivity contribution in [3.8, 4) is 0 Å². The van der Waals surface area contributed by atoms with Crippen molar-refractivity contribution in [3.05, 3.63) is 35.4 Å². The standard InChI is InChI=1S/C13H17F2N/c1-2-13(7-4-8-16-13)9-10-5-3-6-11(14)12(10)15/h3,5-6,16H,2,4,7-9H2,1H3. The van der Waals surface area contributed by atoms with Gasteiger partial charge >= 0.3 is 0 Å². The van der Waals surface area contributed by atoms with Gasteiger partial charge in [-0.25, -0.2) is 8.78 Å². The first-order chi connectivity index (χ1) is 7.67. The molecule has 1 aromatic rings. The van der Waals surface area contributed by atoms with Crippen LogP contribution in [0.4, 0.5) is 8.78 Å². The third-order valence-electron chi connectivity index (χ3n) is 3.57. The number of hydrogen-bond acceptors (Lipinski definition) is 1. The zero-order chi connectivity index (χ0) is 11.6. The van der Waals surface area contributed by atoms with E-state index in [1.807, 2.05) is 0 Å². The van der Waals surface area contributed by atoms with Crippen molar-refractivity contribution >= 4 is 0 Å². The molecule has 0 aliphatic carbocycles. The Labute approximate surface area is 94.9 Å². The molecule has 1 aliphatic rings. The molecule has 0 aromatic heterocycles. The molecule has 2 rings (SSSR count). The summed E-state index contributed by atoms with van der Waals surface area (Å²) in [5.41, 5.74) is 0.450. The molecule has 1 heterocycles. The highest BCUT2D eigenvalue weighted by Crippen LogP contribution is 2.28. The Morgan fingerprint density at radius 3 is 2.81 bits per heavy atom. The average molecular weight is 225 g/mol. The number of nitrogens with one attached hydrogen (secondary N) is 1. The minimum atomic E-state index is -0.748. The van der Waals surface area contributed by atoms with Crippen LogP contribution in [-0.2, 0) is 6.42 Å². The quantitative estimate of drug-likeness (QED) is 0.833. The molecule has 1 aliphatic heterocycles. The molecule has 0 saturated carbocycles. The minimum Gasteiger partial charge on any atom is -0.311 e. The monoisotopic (exact) mass is 225 g/mol. The molecule has 0 bridgehead atoms. The molecule has 3 heteroatoms. The van der Waals surface area contributed by atoms with Crippen molar-refractivity contribution in [1.29, 1.82) is 0 Å². The van der Waals surface area contributed by atoms with Gasteiger partial charge < -0.3 is 5.32 Å². The van der Waals surface area contributed by atoms with Crippen LogP contribution >= 0.6 is 0 Å². The van der Waals surface area contributed by atoms with Crippen LogP contribution in [0.5, 0.6) is 0 Å². The Kier molecular flexibility index (Phi) is 3.24. The number of rotatable bonds is 3. The highest BCUT2D eigenvalue weighted by Gasteiger charge is 2.32. The molecule has 88 valence electrons. The van der Waals surface area contributed by atoms with Crippen LogP contribution in [0.2, 0.25) is 0 Å². The van der Waals surface area contributed by atoms with Crippen LogP contribution in [0.1, 0.15) is 31.7 Å². The molecular weight excluding hydrogens is 208 g/mol. The van der Waals surface area contributed by atoms with Crippen LogP contribution in [-0.4, -0.2) is 12.1 Å². The topological polar surface area (TPSA) is 12.0 Å². The third-order valence-corrected chi connectivity index (χ3v) is 3.57. The van der Waals surface area contributed by atoms with Gasteiger partial charge in [0.15, 0.2) is 11.6 Å². The van der Waals surface area contributed by atoms with Crippen LogP contribution in [0, 0.1) is 11.6 Å². The predicted molar refractivity (Wildman–Crippen MR) is 60.3 cm³/mol. The number of benzene rings is 1. The summed E-state index contributed by atoms with van der Waals surface area (Å²) in [6.07, 6.45) is 3.68. The van der Waals surface area contributed by atoms with Gasteiger partial charge in [-0.05, 0) is 43.9 Å². The Morgan fingerprint density at radius 2 is 2.19 bits per heavy atom. The summed E-state index contributed by atoms with van der Waals surface area (Å²) in [6, 6.07) is 4.42. The summed E-state index contributed by atoms with van der Waals surface area (Å²) in [6.45, 7) is 3.07. The Morgan fingerprint density at radius 1 is 1.38 bits per heavy atom. The third kappa shape index (κ3) is 2.09. The molecule has 1 aromatic carbocycles. The lowest BCUT2D eigenvalue weighted by molar-refractivity contribution is 0.352. The largest absolute Gasteiger partial charge is 0.311 e. The van der Waals surface area contributed by atoms with Gasteiger partial charge in [0.25, 0.3) is 0 Å². The first-order valence-electron chi connectivity index (χ1n) is 5.85. The smallest absolute Gasteiger partial charge is 0.162 e. The molecule has 0 radical (unpaired) electrons. The van der Waals surface area contributed by atoms with E-state index in [1.54, 1.807) is 12.1 Å². The van der Waals surface area contributed by atoms with E-state index in [0.29, 0.717) is 12.0 Å². The van der Waals surface area contributed by atoms with Gasteiger partial charge in [-0.2, -0.15) is 0 Å². The van der Waals surface area contributed by atoms with Gasteiger partial charge in [-0.1, -0.05) is 19.1 Å². The first kappa shape index (κ1) is 11.5. The fraction of sp³-hybridized carbons (Fsp3) is 0.538. The molecule has 0 amide bonds. The van der Waals surface area contributed by atoms with Crippen LogP contribution < -0.4 is 5.32 Å². The lowest BCUT2D eigenvalue weighted by Gasteiger charge is -2.28. The Bertz CT molecular complexity index is 370. The van der Waals surface area contributed by atoms with Crippen molar-refractivity contribution < 1.29 is 8.78 Å². The predicted octanol–water partition coefficient (Wildman–Crippen LogP) is 3.04. The van der Waals surface area contributed by atoms with Gasteiger partial charge in [-0.3, -0.25) is 0 Å². The lowest BCUT2D eigenvalue weighted by atomic mass is 9.86. The fourth-order valence-electron chi connectivity index (χ4n) is 2.50. The first-order valence-corrected chi connectivity index (χ1v) is 5.85. The Hall–Kier alpha value is -0.960. The summed E-state index contributed by atoms with van der Waals surface area (Å²) < 4.78 is 26.6. The summed E-state index contributed by atoms with van der Waals surface area (Å²) in [5.74, 6) is -1.44. The van der Waals surface area contributed by atoms with Crippen LogP contribution in [0.15, 0.2) is 18.2 Å². The minimum absolute atomic E-state index is 0.0331. The van der Waals surface area contributed by atoms with E-state index >= 15 is 0 Å². The Balaban J connectivity index is 2.22. The maximum Gasteiger partial charge on any atom is 0.162 e. The normalized spacial score (nSPS) is 24.9. The molecule has 1 fully saturated rings. The SMILES string of the molecule is CCC1(Cc2cccc(F)c2F)CCCN1. The van der Waals surface area contributed by atoms with E-state index in [1.165, 1.54) is 6.07 Å². The second kappa shape index (κ2) is 4.50. The van der Waals surface area contributed by atoms with Crippen molar-refractivity contribution in [2.45, 2.75) is 38.1 Å². The van der Waals surface area contributed by atoms with E-state index in [0.717, 1.165) is 25.8 Å². The maximum atomic E-state index is 13.6. The van der Waals surface area contributed by atoms with E-state index in [4.69, 9.17) is 0 Å². The summed E-state index contributed by atoms with van der Waals surface area (Å²) in [5, 5.41) is 3.43. The van der Waals surface area contributed by atoms with Gasteiger partial charge in [0, 0.05) is 5.54 Å². The zero-order valence-corrected chi connectivity index (χ0v) is 9.52. The molecular formula is C13H17F2N. The second-order valence-corrected chi connectivity index (χ2v) is 4.55. The van der Waals surface area contributed by atoms with Gasteiger partial charge in [0.05, 0.1) is 0 Å². The van der Waals surface area contributed by atoms with E-state index in [2.05, 4.69) is 12.2 Å². The van der Waals surface area contributed by atoms with Crippen LogP contribution in [0.25, 0.3) is 0 Å². The number of halogens is 2. The second-order valence-electron chi connectivity index (χ2n) is 4.55. The van der Waals surface area contributed by atoms with Crippen molar-refractivity contribution in [2.75, 3.05) is 6.54 Å². The summed E-state index contributed by atoms with van der Waals surface area (Å²) in [4.78, 5) is 0. The highest BCUT2D eigenvalue weighted by atomic mass is 19.2. The highest BCUT2D eigenvalue weighted by molar-refractivity contribution is 5.22.